The van der Waals surface area contributed by atoms with Crippen molar-refractivity contribution in [1.29, 1.82) is 0 Å². The van der Waals surface area contributed by atoms with E-state index >= 15 is 0 Å². The predicted molar refractivity (Wildman–Crippen MR) is 141 cm³/mol. The molecule has 0 bridgehead atoms. The molecule has 4 rings (SSSR count). The lowest BCUT2D eigenvalue weighted by molar-refractivity contribution is -0.136. The molecule has 3 aliphatic rings. The third-order valence-electron chi connectivity index (χ3n) is 6.89. The standard InChI is InChI=1S/C27H36N4O3S/c1-5-22-24(26(33)34-4)25(21-10-9-18(2)15-19(21)3)31-20(17-35-27(31)29-22)16-23(32)28-11-14-30-12-7-6-8-13-30/h9-10,15,17,25H,5-8,11-14,16H2,1-4H3,(H,28,32)/t25-/m1/s1. The Hall–Kier alpha value is -2.58. The summed E-state index contributed by atoms with van der Waals surface area (Å²) in [5, 5.41) is 5.88. The summed E-state index contributed by atoms with van der Waals surface area (Å²) in [5.74, 6) is -0.392. The number of rotatable bonds is 8. The van der Waals surface area contributed by atoms with Crippen LogP contribution in [-0.4, -0.2) is 60.1 Å². The summed E-state index contributed by atoms with van der Waals surface area (Å²) in [6.07, 6.45) is 4.65. The molecule has 1 saturated heterocycles. The molecule has 7 nitrogen and oxygen atoms in total. The topological polar surface area (TPSA) is 74.2 Å². The van der Waals surface area contributed by atoms with Gasteiger partial charge in [0.25, 0.3) is 0 Å². The van der Waals surface area contributed by atoms with Crippen molar-refractivity contribution in [3.05, 3.63) is 57.3 Å². The van der Waals surface area contributed by atoms with Gasteiger partial charge in [-0.1, -0.05) is 48.9 Å². The maximum atomic E-state index is 13.0. The van der Waals surface area contributed by atoms with Gasteiger partial charge in [0.05, 0.1) is 30.8 Å². The second-order valence-electron chi connectivity index (χ2n) is 9.39. The predicted octanol–water partition coefficient (Wildman–Crippen LogP) is 4.43. The van der Waals surface area contributed by atoms with Crippen molar-refractivity contribution in [2.24, 2.45) is 4.99 Å². The highest BCUT2D eigenvalue weighted by atomic mass is 32.2. The molecule has 0 unspecified atom stereocenters. The number of allylic oxidation sites excluding steroid dienone is 1. The molecule has 0 saturated carbocycles. The number of carbonyl (C=O) groups is 2. The number of hydrogen-bond donors (Lipinski definition) is 1. The molecule has 0 radical (unpaired) electrons. The van der Waals surface area contributed by atoms with Crippen LogP contribution >= 0.6 is 11.8 Å². The number of fused-ring (bicyclic) bond motifs is 1. The SMILES string of the molecule is CCC1=C(C(=O)OC)[C@@H](c2ccc(C)cc2C)N2C(CC(=O)NCCN3CCCCC3)=CSC2=N1. The van der Waals surface area contributed by atoms with Crippen molar-refractivity contribution in [2.75, 3.05) is 33.3 Å². The van der Waals surface area contributed by atoms with Crippen LogP contribution in [0.25, 0.3) is 0 Å². The molecular formula is C27H36N4O3S. The Kier molecular flexibility index (Phi) is 8.34. The number of amides is 1. The number of piperidine rings is 1. The lowest BCUT2D eigenvalue weighted by Gasteiger charge is -2.37. The van der Waals surface area contributed by atoms with E-state index in [1.807, 2.05) is 12.3 Å². The van der Waals surface area contributed by atoms with Crippen molar-refractivity contribution in [3.63, 3.8) is 0 Å². The summed E-state index contributed by atoms with van der Waals surface area (Å²) < 4.78 is 5.21. The molecule has 3 aliphatic heterocycles. The van der Waals surface area contributed by atoms with E-state index in [2.05, 4.69) is 47.2 Å². The number of esters is 1. The highest BCUT2D eigenvalue weighted by Crippen LogP contribution is 2.46. The van der Waals surface area contributed by atoms with Crippen molar-refractivity contribution in [3.8, 4) is 0 Å². The number of nitrogens with one attached hydrogen (secondary N) is 1. The number of aryl methyl sites for hydroxylation is 2. The van der Waals surface area contributed by atoms with E-state index < -0.39 is 0 Å². The van der Waals surface area contributed by atoms with Gasteiger partial charge in [-0.15, -0.1) is 0 Å². The van der Waals surface area contributed by atoms with Crippen LogP contribution in [0.3, 0.4) is 0 Å². The zero-order chi connectivity index (χ0) is 24.9. The summed E-state index contributed by atoms with van der Waals surface area (Å²) in [7, 11) is 1.41. The highest BCUT2D eigenvalue weighted by molar-refractivity contribution is 8.16. The molecular weight excluding hydrogens is 460 g/mol. The van der Waals surface area contributed by atoms with Crippen LogP contribution in [0.5, 0.6) is 0 Å². The fourth-order valence-corrected chi connectivity index (χ4v) is 6.04. The van der Waals surface area contributed by atoms with Crippen molar-refractivity contribution in [1.82, 2.24) is 15.1 Å². The van der Waals surface area contributed by atoms with E-state index in [0.29, 0.717) is 18.5 Å². The molecule has 1 N–H and O–H groups in total. The van der Waals surface area contributed by atoms with Gasteiger partial charge in [0, 0.05) is 18.8 Å². The van der Waals surface area contributed by atoms with E-state index in [1.54, 1.807) is 0 Å². The third-order valence-corrected chi connectivity index (χ3v) is 7.78. The first-order chi connectivity index (χ1) is 16.9. The average Bonchev–Trinajstić information content (AvgIpc) is 3.25. The minimum Gasteiger partial charge on any atom is -0.466 e. The van der Waals surface area contributed by atoms with E-state index in [4.69, 9.17) is 9.73 Å². The Balaban J connectivity index is 1.57. The number of hydrogen-bond acceptors (Lipinski definition) is 7. The van der Waals surface area contributed by atoms with Gasteiger partial charge in [-0.05, 0) is 62.7 Å². The lowest BCUT2D eigenvalue weighted by Crippen LogP contribution is -2.40. The quantitative estimate of drug-likeness (QED) is 0.537. The summed E-state index contributed by atoms with van der Waals surface area (Å²) >= 11 is 1.51. The lowest BCUT2D eigenvalue weighted by atomic mass is 9.89. The average molecular weight is 497 g/mol. The number of carbonyl (C=O) groups excluding carboxylic acids is 2. The molecule has 1 aromatic rings. The molecule has 0 aromatic heterocycles. The molecule has 3 heterocycles. The smallest absolute Gasteiger partial charge is 0.338 e. The fraction of sp³-hybridized carbons (Fsp3) is 0.519. The molecule has 35 heavy (non-hydrogen) atoms. The van der Waals surface area contributed by atoms with Crippen molar-refractivity contribution < 1.29 is 14.3 Å². The number of nitrogens with zero attached hydrogens (tertiary/aromatic N) is 3. The van der Waals surface area contributed by atoms with Crippen LogP contribution in [0.2, 0.25) is 0 Å². The van der Waals surface area contributed by atoms with Crippen LogP contribution in [0, 0.1) is 13.8 Å². The second kappa shape index (κ2) is 11.4. The first kappa shape index (κ1) is 25.5. The number of thioether (sulfide) groups is 1. The normalized spacial score (nSPS) is 20.3. The number of amidine groups is 1. The zero-order valence-electron chi connectivity index (χ0n) is 21.2. The molecule has 1 fully saturated rings. The van der Waals surface area contributed by atoms with Gasteiger partial charge in [0.15, 0.2) is 5.17 Å². The third kappa shape index (κ3) is 5.64. The maximum absolute atomic E-state index is 13.0. The van der Waals surface area contributed by atoms with Crippen molar-refractivity contribution in [2.45, 2.75) is 58.9 Å². The summed E-state index contributed by atoms with van der Waals surface area (Å²) in [5.41, 5.74) is 5.41. The molecule has 0 aliphatic carbocycles. The minimum absolute atomic E-state index is 0.0145. The zero-order valence-corrected chi connectivity index (χ0v) is 22.0. The fourth-order valence-electron chi connectivity index (χ4n) is 5.10. The van der Waals surface area contributed by atoms with Gasteiger partial charge < -0.3 is 19.9 Å². The molecule has 1 atom stereocenters. The van der Waals surface area contributed by atoms with Crippen LogP contribution < -0.4 is 5.32 Å². The van der Waals surface area contributed by atoms with Gasteiger partial charge in [0.1, 0.15) is 0 Å². The van der Waals surface area contributed by atoms with Gasteiger partial charge >= 0.3 is 5.97 Å². The first-order valence-corrected chi connectivity index (χ1v) is 13.4. The van der Waals surface area contributed by atoms with Crippen molar-refractivity contribution >= 4 is 28.8 Å². The monoisotopic (exact) mass is 496 g/mol. The Morgan fingerprint density at radius 1 is 1.20 bits per heavy atom. The van der Waals surface area contributed by atoms with Crippen LogP contribution in [0.15, 0.2) is 45.6 Å². The summed E-state index contributed by atoms with van der Waals surface area (Å²) in [6.45, 7) is 9.89. The van der Waals surface area contributed by atoms with Gasteiger partial charge in [-0.3, -0.25) is 4.79 Å². The van der Waals surface area contributed by atoms with Gasteiger partial charge in [-0.2, -0.15) is 0 Å². The second-order valence-corrected chi connectivity index (χ2v) is 10.2. The number of aliphatic imine (C=N–C) groups is 1. The van der Waals surface area contributed by atoms with Crippen LogP contribution in [-0.2, 0) is 14.3 Å². The molecule has 1 amide bonds. The number of benzene rings is 1. The van der Waals surface area contributed by atoms with E-state index in [9.17, 15) is 9.59 Å². The summed E-state index contributed by atoms with van der Waals surface area (Å²) in [6, 6.07) is 5.89. The van der Waals surface area contributed by atoms with Crippen LogP contribution in [0.4, 0.5) is 0 Å². The molecule has 188 valence electrons. The van der Waals surface area contributed by atoms with E-state index in [0.717, 1.165) is 52.9 Å². The highest BCUT2D eigenvalue weighted by Gasteiger charge is 2.42. The Bertz CT molecular complexity index is 1070. The minimum atomic E-state index is -0.382. The van der Waals surface area contributed by atoms with E-state index in [-0.39, 0.29) is 24.3 Å². The Labute approximate surface area is 212 Å². The van der Waals surface area contributed by atoms with Gasteiger partial charge in [0.2, 0.25) is 5.91 Å². The molecule has 0 spiro atoms. The Morgan fingerprint density at radius 2 is 1.97 bits per heavy atom. The van der Waals surface area contributed by atoms with Crippen LogP contribution in [0.1, 0.15) is 61.8 Å². The number of methoxy groups -OCH3 is 1. The number of likely N-dealkylation sites (tertiary alicyclic amines) is 1. The van der Waals surface area contributed by atoms with E-state index in [1.165, 1.54) is 38.1 Å². The molecule has 1 aromatic carbocycles. The van der Waals surface area contributed by atoms with Gasteiger partial charge in [-0.25, -0.2) is 9.79 Å². The first-order valence-electron chi connectivity index (χ1n) is 12.5. The summed E-state index contributed by atoms with van der Waals surface area (Å²) in [4.78, 5) is 35.2. The Morgan fingerprint density at radius 3 is 2.66 bits per heavy atom. The largest absolute Gasteiger partial charge is 0.466 e. The molecule has 8 heteroatoms. The number of ether oxygens (including phenoxy) is 1. The maximum Gasteiger partial charge on any atom is 0.338 e.